The molecule has 1 amide bonds. The second-order valence-electron chi connectivity index (χ2n) is 6.78. The first-order valence-corrected chi connectivity index (χ1v) is 8.28. The van der Waals surface area contributed by atoms with Crippen LogP contribution >= 0.6 is 0 Å². The summed E-state index contributed by atoms with van der Waals surface area (Å²) in [5.74, 6) is 0.137. The van der Waals surface area contributed by atoms with Crippen LogP contribution in [0.2, 0.25) is 0 Å². The Labute approximate surface area is 142 Å². The Morgan fingerprint density at radius 3 is 2.92 bits per heavy atom. The molecule has 0 saturated carbocycles. The third-order valence-corrected chi connectivity index (χ3v) is 4.79. The van der Waals surface area contributed by atoms with Gasteiger partial charge in [-0.25, -0.2) is 0 Å². The Bertz CT molecular complexity index is 724. The maximum atomic E-state index is 12.4. The second-order valence-corrected chi connectivity index (χ2v) is 6.78. The molecular weight excluding hydrogens is 304 g/mol. The van der Waals surface area contributed by atoms with E-state index in [0.717, 1.165) is 17.3 Å². The van der Waals surface area contributed by atoms with Gasteiger partial charge < -0.3 is 14.8 Å². The van der Waals surface area contributed by atoms with Crippen molar-refractivity contribution in [3.05, 3.63) is 42.1 Å². The number of pyridine rings is 1. The highest BCUT2D eigenvalue weighted by molar-refractivity contribution is 5.84. The van der Waals surface area contributed by atoms with E-state index in [4.69, 9.17) is 9.47 Å². The Morgan fingerprint density at radius 2 is 2.12 bits per heavy atom. The van der Waals surface area contributed by atoms with Crippen LogP contribution in [0.4, 0.5) is 0 Å². The van der Waals surface area contributed by atoms with E-state index < -0.39 is 5.60 Å². The average molecular weight is 328 g/mol. The fourth-order valence-corrected chi connectivity index (χ4v) is 3.01. The SMILES string of the molecule is COC(C)(C)C(=O)N[C@@H]1COC[C@H]1Cc1ccnc2ccccc12. The van der Waals surface area contributed by atoms with Crippen molar-refractivity contribution >= 4 is 16.8 Å². The quantitative estimate of drug-likeness (QED) is 0.915. The van der Waals surface area contributed by atoms with Gasteiger partial charge in [0.25, 0.3) is 5.91 Å². The minimum atomic E-state index is -0.837. The number of nitrogens with one attached hydrogen (secondary N) is 1. The van der Waals surface area contributed by atoms with Crippen LogP contribution in [0.3, 0.4) is 0 Å². The molecule has 1 aliphatic rings. The lowest BCUT2D eigenvalue weighted by atomic mass is 9.92. The Hall–Kier alpha value is -1.98. The molecule has 5 heteroatoms. The average Bonchev–Trinajstić information content (AvgIpc) is 3.02. The minimum absolute atomic E-state index is 0.00106. The number of amides is 1. The van der Waals surface area contributed by atoms with Gasteiger partial charge in [0.15, 0.2) is 0 Å². The topological polar surface area (TPSA) is 60.5 Å². The van der Waals surface area contributed by atoms with Gasteiger partial charge in [-0.2, -0.15) is 0 Å². The van der Waals surface area contributed by atoms with Gasteiger partial charge in [-0.3, -0.25) is 9.78 Å². The molecule has 1 aromatic carbocycles. The molecule has 1 aromatic heterocycles. The number of nitrogens with zero attached hydrogens (tertiary/aromatic N) is 1. The molecule has 0 spiro atoms. The molecule has 0 unspecified atom stereocenters. The normalized spacial score (nSPS) is 21.1. The molecule has 2 atom stereocenters. The highest BCUT2D eigenvalue weighted by atomic mass is 16.5. The van der Waals surface area contributed by atoms with Gasteiger partial charge >= 0.3 is 0 Å². The van der Waals surface area contributed by atoms with E-state index in [0.29, 0.717) is 13.2 Å². The second kappa shape index (κ2) is 6.87. The van der Waals surface area contributed by atoms with E-state index in [2.05, 4.69) is 22.4 Å². The lowest BCUT2D eigenvalue weighted by Gasteiger charge is -2.26. The van der Waals surface area contributed by atoms with Gasteiger partial charge in [0.2, 0.25) is 0 Å². The van der Waals surface area contributed by atoms with Crippen LogP contribution in [0, 0.1) is 5.92 Å². The fraction of sp³-hybridized carbons (Fsp3) is 0.474. The number of hydrogen-bond donors (Lipinski definition) is 1. The number of carbonyl (C=O) groups excluding carboxylic acids is 1. The number of fused-ring (bicyclic) bond motifs is 1. The first-order chi connectivity index (χ1) is 11.5. The van der Waals surface area contributed by atoms with E-state index in [9.17, 15) is 4.79 Å². The van der Waals surface area contributed by atoms with Gasteiger partial charge in [-0.1, -0.05) is 18.2 Å². The fourth-order valence-electron chi connectivity index (χ4n) is 3.01. The summed E-state index contributed by atoms with van der Waals surface area (Å²) in [5, 5.41) is 4.25. The summed E-state index contributed by atoms with van der Waals surface area (Å²) in [6.07, 6.45) is 2.69. The molecule has 128 valence electrons. The molecule has 0 radical (unpaired) electrons. The zero-order valence-electron chi connectivity index (χ0n) is 14.4. The lowest BCUT2D eigenvalue weighted by molar-refractivity contribution is -0.140. The van der Waals surface area contributed by atoms with Crippen molar-refractivity contribution in [2.75, 3.05) is 20.3 Å². The molecule has 1 saturated heterocycles. The first kappa shape index (κ1) is 16.9. The predicted molar refractivity (Wildman–Crippen MR) is 92.8 cm³/mol. The van der Waals surface area contributed by atoms with E-state index in [1.807, 2.05) is 24.4 Å². The maximum Gasteiger partial charge on any atom is 0.251 e. The smallest absolute Gasteiger partial charge is 0.251 e. The van der Waals surface area contributed by atoms with Crippen LogP contribution in [0.15, 0.2) is 36.5 Å². The number of hydrogen-bond acceptors (Lipinski definition) is 4. The number of rotatable bonds is 5. The standard InChI is InChI=1S/C19H24N2O3/c1-19(2,23-3)18(22)21-17-12-24-11-14(17)10-13-8-9-20-16-7-5-4-6-15(13)16/h4-9,14,17H,10-12H2,1-3H3,(H,21,22)/t14-,17-/m1/s1. The number of aromatic nitrogens is 1. The van der Waals surface area contributed by atoms with Crippen molar-refractivity contribution in [1.82, 2.24) is 10.3 Å². The third kappa shape index (κ3) is 3.42. The van der Waals surface area contributed by atoms with Crippen molar-refractivity contribution < 1.29 is 14.3 Å². The molecule has 1 N–H and O–H groups in total. The maximum absolute atomic E-state index is 12.4. The molecular formula is C19H24N2O3. The van der Waals surface area contributed by atoms with Crippen LogP contribution in [-0.2, 0) is 20.7 Å². The summed E-state index contributed by atoms with van der Waals surface area (Å²) < 4.78 is 10.9. The van der Waals surface area contributed by atoms with Crippen LogP contribution in [0.25, 0.3) is 10.9 Å². The predicted octanol–water partition coefficient (Wildman–Crippen LogP) is 2.33. The third-order valence-electron chi connectivity index (χ3n) is 4.79. The molecule has 2 heterocycles. The van der Waals surface area contributed by atoms with Gasteiger partial charge in [-0.05, 0) is 38.0 Å². The number of ether oxygens (including phenoxy) is 2. The molecule has 5 nitrogen and oxygen atoms in total. The van der Waals surface area contributed by atoms with Crippen molar-refractivity contribution in [1.29, 1.82) is 0 Å². The van der Waals surface area contributed by atoms with Crippen molar-refractivity contribution in [2.45, 2.75) is 31.9 Å². The first-order valence-electron chi connectivity index (χ1n) is 8.28. The molecule has 0 aliphatic carbocycles. The summed E-state index contributed by atoms with van der Waals surface area (Å²) >= 11 is 0. The van der Waals surface area contributed by atoms with Crippen LogP contribution < -0.4 is 5.32 Å². The summed E-state index contributed by atoms with van der Waals surface area (Å²) in [5.41, 5.74) is 1.40. The Morgan fingerprint density at radius 1 is 1.33 bits per heavy atom. The largest absolute Gasteiger partial charge is 0.379 e. The molecule has 24 heavy (non-hydrogen) atoms. The number of benzene rings is 1. The summed E-state index contributed by atoms with van der Waals surface area (Å²) in [6, 6.07) is 10.2. The van der Waals surface area contributed by atoms with E-state index >= 15 is 0 Å². The van der Waals surface area contributed by atoms with Crippen molar-refractivity contribution in [3.8, 4) is 0 Å². The van der Waals surface area contributed by atoms with Gasteiger partial charge in [0, 0.05) is 24.6 Å². The van der Waals surface area contributed by atoms with Gasteiger partial charge in [-0.15, -0.1) is 0 Å². The van der Waals surface area contributed by atoms with Crippen molar-refractivity contribution in [3.63, 3.8) is 0 Å². The number of para-hydroxylation sites is 1. The molecule has 2 aromatic rings. The van der Waals surface area contributed by atoms with Crippen LogP contribution in [0.1, 0.15) is 19.4 Å². The molecule has 1 aliphatic heterocycles. The Kier molecular flexibility index (Phi) is 4.83. The number of carbonyl (C=O) groups is 1. The highest BCUT2D eigenvalue weighted by Gasteiger charge is 2.34. The molecule has 0 bridgehead atoms. The summed E-state index contributed by atoms with van der Waals surface area (Å²) in [4.78, 5) is 16.8. The Balaban J connectivity index is 1.75. The van der Waals surface area contributed by atoms with E-state index in [1.165, 1.54) is 5.56 Å². The monoisotopic (exact) mass is 328 g/mol. The zero-order chi connectivity index (χ0) is 17.2. The van der Waals surface area contributed by atoms with Gasteiger partial charge in [0.05, 0.1) is 24.8 Å². The van der Waals surface area contributed by atoms with E-state index in [-0.39, 0.29) is 17.9 Å². The van der Waals surface area contributed by atoms with Crippen molar-refractivity contribution in [2.24, 2.45) is 5.92 Å². The number of methoxy groups -OCH3 is 1. The van der Waals surface area contributed by atoms with Crippen LogP contribution in [0.5, 0.6) is 0 Å². The summed E-state index contributed by atoms with van der Waals surface area (Å²) in [6.45, 7) is 4.72. The highest BCUT2D eigenvalue weighted by Crippen LogP contribution is 2.24. The van der Waals surface area contributed by atoms with E-state index in [1.54, 1.807) is 21.0 Å². The minimum Gasteiger partial charge on any atom is -0.379 e. The zero-order valence-corrected chi connectivity index (χ0v) is 14.4. The van der Waals surface area contributed by atoms with Crippen LogP contribution in [-0.4, -0.2) is 42.9 Å². The van der Waals surface area contributed by atoms with Gasteiger partial charge in [0.1, 0.15) is 5.60 Å². The lowest BCUT2D eigenvalue weighted by Crippen LogP contribution is -2.50. The molecule has 1 fully saturated rings. The molecule has 3 rings (SSSR count). The summed E-state index contributed by atoms with van der Waals surface area (Å²) in [7, 11) is 1.55.